The quantitative estimate of drug-likeness (QED) is 0.211. The maximum absolute atomic E-state index is 5.25. The van der Waals surface area contributed by atoms with Gasteiger partial charge in [-0.2, -0.15) is 0 Å². The van der Waals surface area contributed by atoms with Gasteiger partial charge in [0.1, 0.15) is 0 Å². The second kappa shape index (κ2) is 10.4. The molecule has 0 fully saturated rings. The van der Waals surface area contributed by atoms with E-state index in [4.69, 9.17) is 9.97 Å². The summed E-state index contributed by atoms with van der Waals surface area (Å²) in [6, 6.07) is 49.3. The molecule has 0 unspecified atom stereocenters. The summed E-state index contributed by atoms with van der Waals surface area (Å²) >= 11 is 0. The van der Waals surface area contributed by atoms with Crippen LogP contribution in [0.3, 0.4) is 0 Å². The summed E-state index contributed by atoms with van der Waals surface area (Å²) in [6.45, 7) is 9.22. The van der Waals surface area contributed by atoms with Crippen LogP contribution in [0.4, 0.5) is 17.1 Å². The van der Waals surface area contributed by atoms with Crippen LogP contribution in [0.2, 0.25) is 0 Å². The molecule has 0 saturated heterocycles. The normalized spacial score (nSPS) is 13.7. The maximum atomic E-state index is 5.25. The first-order valence-corrected chi connectivity index (χ1v) is 14.9. The van der Waals surface area contributed by atoms with Crippen LogP contribution in [0.1, 0.15) is 50.1 Å². The molecule has 0 radical (unpaired) electrons. The second-order valence-electron chi connectivity index (χ2n) is 12.3. The van der Waals surface area contributed by atoms with E-state index < -0.39 is 5.41 Å². The van der Waals surface area contributed by atoms with Crippen molar-refractivity contribution in [2.24, 2.45) is 0 Å². The highest BCUT2D eigenvalue weighted by atomic mass is 15.2. The van der Waals surface area contributed by atoms with Crippen LogP contribution in [0.15, 0.2) is 140 Å². The predicted molar refractivity (Wildman–Crippen MR) is 178 cm³/mol. The van der Waals surface area contributed by atoms with E-state index in [0.29, 0.717) is 0 Å². The van der Waals surface area contributed by atoms with Gasteiger partial charge in [0, 0.05) is 22.0 Å². The molecule has 0 amide bonds. The Morgan fingerprint density at radius 1 is 0.535 bits per heavy atom. The Labute approximate surface area is 254 Å². The fourth-order valence-electron chi connectivity index (χ4n) is 6.50. The van der Waals surface area contributed by atoms with Crippen molar-refractivity contribution in [3.8, 4) is 22.6 Å². The van der Waals surface area contributed by atoms with Gasteiger partial charge >= 0.3 is 0 Å². The molecule has 0 atom stereocenters. The van der Waals surface area contributed by atoms with Crippen molar-refractivity contribution in [2.75, 3.05) is 4.90 Å². The number of hydrogen-bond donors (Lipinski definition) is 0. The monoisotopic (exact) mass is 557 g/mol. The smallest absolute Gasteiger partial charge is 0.160 e. The van der Waals surface area contributed by atoms with Gasteiger partial charge in [-0.15, -0.1) is 0 Å². The fraction of sp³-hybridized carbons (Fsp3) is 0.150. The first-order chi connectivity index (χ1) is 20.9. The average Bonchev–Trinajstić information content (AvgIpc) is 3.06. The lowest BCUT2D eigenvalue weighted by molar-refractivity contribution is 0.612. The molecule has 7 rings (SSSR count). The molecule has 6 aromatic rings. The lowest BCUT2D eigenvalue weighted by atomic mass is 9.73. The van der Waals surface area contributed by atoms with E-state index in [2.05, 4.69) is 148 Å². The summed E-state index contributed by atoms with van der Waals surface area (Å²) in [5.74, 6) is 0.734. The van der Waals surface area contributed by atoms with E-state index in [1.165, 1.54) is 28.1 Å². The number of rotatable bonds is 5. The number of aromatic nitrogens is 2. The molecule has 0 bridgehead atoms. The number of anilines is 3. The molecule has 0 N–H and O–H groups in total. The molecular formula is C40H35N3. The van der Waals surface area contributed by atoms with Crippen molar-refractivity contribution in [2.45, 2.75) is 38.5 Å². The van der Waals surface area contributed by atoms with Crippen molar-refractivity contribution in [1.29, 1.82) is 0 Å². The van der Waals surface area contributed by atoms with Gasteiger partial charge in [0.25, 0.3) is 0 Å². The molecule has 3 heteroatoms. The highest BCUT2D eigenvalue weighted by molar-refractivity contribution is 5.87. The average molecular weight is 558 g/mol. The summed E-state index contributed by atoms with van der Waals surface area (Å²) in [5, 5.41) is 0. The van der Waals surface area contributed by atoms with E-state index in [-0.39, 0.29) is 5.41 Å². The molecule has 1 aliphatic heterocycles. The van der Waals surface area contributed by atoms with Gasteiger partial charge in [-0.05, 0) is 41.0 Å². The number of hydrogen-bond acceptors (Lipinski definition) is 3. The van der Waals surface area contributed by atoms with Gasteiger partial charge in [-0.1, -0.05) is 143 Å². The van der Waals surface area contributed by atoms with E-state index >= 15 is 0 Å². The minimum absolute atomic E-state index is 0.115. The van der Waals surface area contributed by atoms with E-state index in [1.54, 1.807) is 0 Å². The summed E-state index contributed by atoms with van der Waals surface area (Å²) in [7, 11) is 0. The molecule has 210 valence electrons. The lowest BCUT2D eigenvalue weighted by Crippen LogP contribution is -2.32. The third-order valence-corrected chi connectivity index (χ3v) is 8.92. The predicted octanol–water partition coefficient (Wildman–Crippen LogP) is 10.2. The molecule has 2 heterocycles. The molecule has 43 heavy (non-hydrogen) atoms. The van der Waals surface area contributed by atoms with Crippen LogP contribution in [0, 0.1) is 0 Å². The van der Waals surface area contributed by atoms with Crippen molar-refractivity contribution in [3.63, 3.8) is 0 Å². The lowest BCUT2D eigenvalue weighted by Gasteiger charge is -2.43. The van der Waals surface area contributed by atoms with Crippen LogP contribution in [0.25, 0.3) is 22.6 Å². The highest BCUT2D eigenvalue weighted by Crippen LogP contribution is 2.53. The molecule has 1 aliphatic rings. The van der Waals surface area contributed by atoms with Crippen LogP contribution in [-0.4, -0.2) is 9.97 Å². The molecule has 3 nitrogen and oxygen atoms in total. The Morgan fingerprint density at radius 3 is 1.63 bits per heavy atom. The molecular weight excluding hydrogens is 522 g/mol. The van der Waals surface area contributed by atoms with Crippen LogP contribution >= 0.6 is 0 Å². The first-order valence-electron chi connectivity index (χ1n) is 14.9. The Bertz CT molecular complexity index is 1820. The Balaban J connectivity index is 1.45. The van der Waals surface area contributed by atoms with E-state index in [1.807, 2.05) is 24.3 Å². The Kier molecular flexibility index (Phi) is 6.47. The molecule has 1 aromatic heterocycles. The minimum Gasteiger partial charge on any atom is -0.310 e. The second-order valence-corrected chi connectivity index (χ2v) is 12.3. The molecule has 0 spiro atoms. The zero-order chi connectivity index (χ0) is 29.6. The van der Waals surface area contributed by atoms with Crippen LogP contribution in [-0.2, 0) is 10.8 Å². The summed E-state index contributed by atoms with van der Waals surface area (Å²) in [6.07, 6.45) is 0. The maximum Gasteiger partial charge on any atom is 0.160 e. The van der Waals surface area contributed by atoms with Crippen molar-refractivity contribution >= 4 is 17.1 Å². The zero-order valence-corrected chi connectivity index (χ0v) is 25.1. The summed E-state index contributed by atoms with van der Waals surface area (Å²) in [4.78, 5) is 12.7. The zero-order valence-electron chi connectivity index (χ0n) is 25.1. The largest absolute Gasteiger partial charge is 0.310 e. The van der Waals surface area contributed by atoms with Gasteiger partial charge in [0.2, 0.25) is 0 Å². The van der Waals surface area contributed by atoms with Gasteiger partial charge < -0.3 is 4.90 Å². The number of nitrogens with zero attached hydrogens (tertiary/aromatic N) is 3. The number of benzene rings is 5. The minimum atomic E-state index is -0.441. The standard InChI is InChI=1S/C40H35N3/c1-39(2)30-21-11-14-24-34(30)43(35-25-15-12-22-31(35)39)36-26-16-13-23-32(36)40(3,4)37-27-33(28-17-7-5-8-18-28)41-38(42-37)29-19-9-6-10-20-29/h5-27H,1-4H3. The third kappa shape index (κ3) is 4.53. The topological polar surface area (TPSA) is 29.0 Å². The van der Waals surface area contributed by atoms with Gasteiger partial charge in [0.05, 0.1) is 28.5 Å². The van der Waals surface area contributed by atoms with Gasteiger partial charge in [-0.25, -0.2) is 9.97 Å². The Morgan fingerprint density at radius 2 is 1.02 bits per heavy atom. The number of fused-ring (bicyclic) bond motifs is 2. The van der Waals surface area contributed by atoms with Crippen LogP contribution < -0.4 is 4.90 Å². The van der Waals surface area contributed by atoms with E-state index in [9.17, 15) is 0 Å². The van der Waals surface area contributed by atoms with E-state index in [0.717, 1.165) is 34.0 Å². The van der Waals surface area contributed by atoms with Crippen molar-refractivity contribution < 1.29 is 0 Å². The molecule has 0 saturated carbocycles. The summed E-state index contributed by atoms with van der Waals surface area (Å²) in [5.41, 5.74) is 10.9. The van der Waals surface area contributed by atoms with Crippen molar-refractivity contribution in [1.82, 2.24) is 9.97 Å². The molecule has 5 aromatic carbocycles. The third-order valence-electron chi connectivity index (χ3n) is 8.92. The SMILES string of the molecule is CC(C)(c1cc(-c2ccccc2)nc(-c2ccccc2)n1)c1ccccc1N1c2ccccc2C(C)(C)c2ccccc21. The Hall–Kier alpha value is -5.02. The fourth-order valence-corrected chi connectivity index (χ4v) is 6.50. The molecule has 0 aliphatic carbocycles. The van der Waals surface area contributed by atoms with Crippen LogP contribution in [0.5, 0.6) is 0 Å². The van der Waals surface area contributed by atoms with Gasteiger partial charge in [-0.3, -0.25) is 0 Å². The van der Waals surface area contributed by atoms with Gasteiger partial charge in [0.15, 0.2) is 5.82 Å². The van der Waals surface area contributed by atoms with Crippen molar-refractivity contribution in [3.05, 3.63) is 162 Å². The highest BCUT2D eigenvalue weighted by Gasteiger charge is 2.38. The first kappa shape index (κ1) is 26.9. The number of para-hydroxylation sites is 3. The summed E-state index contributed by atoms with van der Waals surface area (Å²) < 4.78 is 0.